The van der Waals surface area contributed by atoms with Crippen LogP contribution in [0.4, 0.5) is 0 Å². The molecule has 3 atom stereocenters. The average Bonchev–Trinajstić information content (AvgIpc) is 2.92. The second-order valence-corrected chi connectivity index (χ2v) is 6.48. The molecule has 1 aliphatic heterocycles. The van der Waals surface area contributed by atoms with Gasteiger partial charge in [0.25, 0.3) is 0 Å². The number of Topliss-reactive ketones (excluding diaryl/α,β-unsaturated/α-hetero) is 1. The highest BCUT2D eigenvalue weighted by molar-refractivity contribution is 5.94. The van der Waals surface area contributed by atoms with Gasteiger partial charge in [-0.15, -0.1) is 0 Å². The van der Waals surface area contributed by atoms with E-state index in [1.54, 1.807) is 0 Å². The van der Waals surface area contributed by atoms with Crippen LogP contribution < -0.4 is 10.6 Å². The predicted octanol–water partition coefficient (Wildman–Crippen LogP) is 3.35. The summed E-state index contributed by atoms with van der Waals surface area (Å²) in [5.74, 6) is 0.526. The van der Waals surface area contributed by atoms with Gasteiger partial charge in [-0.25, -0.2) is 0 Å². The minimum absolute atomic E-state index is 0.0462. The van der Waals surface area contributed by atoms with Crippen molar-refractivity contribution in [2.45, 2.75) is 37.9 Å². The first-order valence-corrected chi connectivity index (χ1v) is 8.23. The standard InChI is InChI=1S/C20H24N2O/c1-13(2)15-10-7-11-16(12-15)17-19(23)18(22-20(17)21-3)14-8-5-4-6-9-14/h4-13,17-18,20-22H,1-3H3. The Morgan fingerprint density at radius 3 is 2.35 bits per heavy atom. The Hall–Kier alpha value is -1.97. The number of benzene rings is 2. The number of nitrogens with one attached hydrogen (secondary N) is 2. The monoisotopic (exact) mass is 308 g/mol. The molecule has 0 spiro atoms. The van der Waals surface area contributed by atoms with Gasteiger partial charge in [0, 0.05) is 0 Å². The minimum atomic E-state index is -0.249. The van der Waals surface area contributed by atoms with Gasteiger partial charge in [0.2, 0.25) is 0 Å². The molecule has 2 aromatic carbocycles. The van der Waals surface area contributed by atoms with E-state index in [0.717, 1.165) is 11.1 Å². The van der Waals surface area contributed by atoms with Crippen molar-refractivity contribution in [3.8, 4) is 0 Å². The fourth-order valence-corrected chi connectivity index (χ4v) is 3.33. The molecule has 0 radical (unpaired) electrons. The lowest BCUT2D eigenvalue weighted by atomic mass is 9.88. The predicted molar refractivity (Wildman–Crippen MR) is 93.4 cm³/mol. The minimum Gasteiger partial charge on any atom is -0.304 e. The highest BCUT2D eigenvalue weighted by atomic mass is 16.1. The van der Waals surface area contributed by atoms with Crippen LogP contribution in [-0.4, -0.2) is 19.0 Å². The third-order valence-electron chi connectivity index (χ3n) is 4.65. The zero-order chi connectivity index (χ0) is 16.4. The van der Waals surface area contributed by atoms with E-state index in [9.17, 15) is 4.79 Å². The molecular weight excluding hydrogens is 284 g/mol. The molecule has 3 unspecified atom stereocenters. The lowest BCUT2D eigenvalue weighted by Gasteiger charge is -2.19. The van der Waals surface area contributed by atoms with E-state index in [-0.39, 0.29) is 23.9 Å². The molecule has 1 heterocycles. The third-order valence-corrected chi connectivity index (χ3v) is 4.65. The van der Waals surface area contributed by atoms with Crippen molar-refractivity contribution in [3.05, 3.63) is 71.3 Å². The molecule has 1 saturated heterocycles. The van der Waals surface area contributed by atoms with Crippen molar-refractivity contribution < 1.29 is 4.79 Å². The number of ketones is 1. The first kappa shape index (κ1) is 15.9. The molecule has 23 heavy (non-hydrogen) atoms. The van der Waals surface area contributed by atoms with Crippen LogP contribution in [0.25, 0.3) is 0 Å². The number of hydrogen-bond acceptors (Lipinski definition) is 3. The van der Waals surface area contributed by atoms with Gasteiger partial charge < -0.3 is 5.32 Å². The quantitative estimate of drug-likeness (QED) is 0.910. The molecule has 0 amide bonds. The van der Waals surface area contributed by atoms with Gasteiger partial charge in [-0.1, -0.05) is 68.4 Å². The summed E-state index contributed by atoms with van der Waals surface area (Å²) in [4.78, 5) is 13.1. The normalized spacial score (nSPS) is 24.3. The average molecular weight is 308 g/mol. The van der Waals surface area contributed by atoms with Crippen molar-refractivity contribution in [1.29, 1.82) is 0 Å². The maximum Gasteiger partial charge on any atom is 0.164 e. The zero-order valence-electron chi connectivity index (χ0n) is 13.9. The smallest absolute Gasteiger partial charge is 0.164 e. The van der Waals surface area contributed by atoms with E-state index < -0.39 is 0 Å². The summed E-state index contributed by atoms with van der Waals surface area (Å²) in [6, 6.07) is 18.1. The molecule has 3 rings (SSSR count). The molecule has 3 heteroatoms. The van der Waals surface area contributed by atoms with Crippen LogP contribution in [0.1, 0.15) is 48.4 Å². The van der Waals surface area contributed by atoms with E-state index >= 15 is 0 Å². The summed E-state index contributed by atoms with van der Waals surface area (Å²) in [7, 11) is 1.90. The molecule has 0 saturated carbocycles. The van der Waals surface area contributed by atoms with Crippen LogP contribution in [-0.2, 0) is 4.79 Å². The van der Waals surface area contributed by atoms with E-state index in [1.165, 1.54) is 5.56 Å². The Bertz CT molecular complexity index is 681. The van der Waals surface area contributed by atoms with Gasteiger partial charge >= 0.3 is 0 Å². The molecule has 0 aliphatic carbocycles. The van der Waals surface area contributed by atoms with Crippen molar-refractivity contribution >= 4 is 5.78 Å². The van der Waals surface area contributed by atoms with Crippen LogP contribution >= 0.6 is 0 Å². The topological polar surface area (TPSA) is 41.1 Å². The highest BCUT2D eigenvalue weighted by Gasteiger charge is 2.42. The van der Waals surface area contributed by atoms with Gasteiger partial charge in [0.15, 0.2) is 5.78 Å². The van der Waals surface area contributed by atoms with E-state index in [2.05, 4.69) is 48.7 Å². The van der Waals surface area contributed by atoms with Crippen molar-refractivity contribution in [2.75, 3.05) is 7.05 Å². The summed E-state index contributed by atoms with van der Waals surface area (Å²) in [5, 5.41) is 6.70. The first-order chi connectivity index (χ1) is 11.1. The van der Waals surface area contributed by atoms with Gasteiger partial charge in [-0.3, -0.25) is 10.1 Å². The number of hydrogen-bond donors (Lipinski definition) is 2. The summed E-state index contributed by atoms with van der Waals surface area (Å²) in [6.45, 7) is 4.35. The lowest BCUT2D eigenvalue weighted by molar-refractivity contribution is -0.120. The number of rotatable bonds is 4. The van der Waals surface area contributed by atoms with Crippen LogP contribution in [0.15, 0.2) is 54.6 Å². The van der Waals surface area contributed by atoms with Crippen molar-refractivity contribution in [1.82, 2.24) is 10.6 Å². The second-order valence-electron chi connectivity index (χ2n) is 6.48. The fraction of sp³-hybridized carbons (Fsp3) is 0.350. The second kappa shape index (κ2) is 6.65. The Balaban J connectivity index is 1.95. The van der Waals surface area contributed by atoms with Gasteiger partial charge in [0.05, 0.1) is 18.1 Å². The molecule has 1 fully saturated rings. The van der Waals surface area contributed by atoms with Crippen LogP contribution in [0.3, 0.4) is 0 Å². The molecule has 2 N–H and O–H groups in total. The molecular formula is C20H24N2O. The Morgan fingerprint density at radius 1 is 1.00 bits per heavy atom. The molecule has 0 bridgehead atoms. The molecule has 0 aromatic heterocycles. The van der Waals surface area contributed by atoms with Crippen LogP contribution in [0, 0.1) is 0 Å². The molecule has 2 aromatic rings. The number of carbonyl (C=O) groups excluding carboxylic acids is 1. The first-order valence-electron chi connectivity index (χ1n) is 8.23. The summed E-state index contributed by atoms with van der Waals surface area (Å²) < 4.78 is 0. The number of likely N-dealkylation sites (N-methyl/N-ethyl adjacent to an activating group) is 1. The molecule has 120 valence electrons. The van der Waals surface area contributed by atoms with Gasteiger partial charge in [0.1, 0.15) is 0 Å². The Kier molecular flexibility index (Phi) is 4.60. The fourth-order valence-electron chi connectivity index (χ4n) is 3.33. The van der Waals surface area contributed by atoms with Gasteiger partial charge in [-0.2, -0.15) is 0 Å². The summed E-state index contributed by atoms with van der Waals surface area (Å²) in [5.41, 5.74) is 3.39. The summed E-state index contributed by atoms with van der Waals surface area (Å²) in [6.07, 6.45) is -0.0462. The molecule has 1 aliphatic rings. The zero-order valence-corrected chi connectivity index (χ0v) is 13.9. The van der Waals surface area contributed by atoms with Crippen LogP contribution in [0.2, 0.25) is 0 Å². The molecule has 3 nitrogen and oxygen atoms in total. The maximum absolute atomic E-state index is 13.1. The highest BCUT2D eigenvalue weighted by Crippen LogP contribution is 2.34. The van der Waals surface area contributed by atoms with E-state index in [1.807, 2.05) is 37.4 Å². The largest absolute Gasteiger partial charge is 0.304 e. The lowest BCUT2D eigenvalue weighted by Crippen LogP contribution is -2.39. The van der Waals surface area contributed by atoms with E-state index in [0.29, 0.717) is 5.92 Å². The van der Waals surface area contributed by atoms with Gasteiger partial charge in [-0.05, 0) is 29.7 Å². The van der Waals surface area contributed by atoms with E-state index in [4.69, 9.17) is 0 Å². The van der Waals surface area contributed by atoms with Crippen molar-refractivity contribution in [3.63, 3.8) is 0 Å². The third kappa shape index (κ3) is 3.07. The van der Waals surface area contributed by atoms with Crippen molar-refractivity contribution in [2.24, 2.45) is 0 Å². The SMILES string of the molecule is CNC1NC(c2ccccc2)C(=O)C1c1cccc(C(C)C)c1. The summed E-state index contributed by atoms with van der Waals surface area (Å²) >= 11 is 0. The maximum atomic E-state index is 13.1. The van der Waals surface area contributed by atoms with Crippen LogP contribution in [0.5, 0.6) is 0 Å². The number of carbonyl (C=O) groups is 1. The Labute approximate surface area is 138 Å². The Morgan fingerprint density at radius 2 is 1.70 bits per heavy atom.